The molecule has 7 heteroatoms. The van der Waals surface area contributed by atoms with Crippen LogP contribution in [0.2, 0.25) is 0 Å². The van der Waals surface area contributed by atoms with Crippen LogP contribution in [0.15, 0.2) is 0 Å². The van der Waals surface area contributed by atoms with Gasteiger partial charge in [0.15, 0.2) is 9.84 Å². The minimum atomic E-state index is -3.06. The van der Waals surface area contributed by atoms with Crippen molar-refractivity contribution in [1.82, 2.24) is 5.32 Å². The predicted octanol–water partition coefficient (Wildman–Crippen LogP) is 0.181. The van der Waals surface area contributed by atoms with E-state index in [1.807, 2.05) is 0 Å². The van der Waals surface area contributed by atoms with E-state index in [9.17, 15) is 18.0 Å². The summed E-state index contributed by atoms with van der Waals surface area (Å²) in [5.74, 6) is -1.91. The molecule has 2 aliphatic rings. The average Bonchev–Trinajstić information content (AvgIpc) is 2.70. The first kappa shape index (κ1) is 14.3. The van der Waals surface area contributed by atoms with Gasteiger partial charge in [0.05, 0.1) is 23.3 Å². The molecule has 1 saturated carbocycles. The molecule has 2 rings (SSSR count). The topological polar surface area (TPSA) is 101 Å². The quantitative estimate of drug-likeness (QED) is 0.772. The zero-order valence-electron chi connectivity index (χ0n) is 10.7. The van der Waals surface area contributed by atoms with Gasteiger partial charge in [0.2, 0.25) is 5.91 Å². The van der Waals surface area contributed by atoms with Crippen LogP contribution in [-0.4, -0.2) is 42.9 Å². The van der Waals surface area contributed by atoms with Crippen LogP contribution in [0.4, 0.5) is 0 Å². The van der Waals surface area contributed by atoms with E-state index in [1.165, 1.54) is 0 Å². The largest absolute Gasteiger partial charge is 0.481 e. The third-order valence-electron chi connectivity index (χ3n) is 3.97. The molecule has 1 aliphatic heterocycles. The molecule has 0 aromatic carbocycles. The maximum absolute atomic E-state index is 12.0. The predicted molar refractivity (Wildman–Crippen MR) is 68.3 cm³/mol. The van der Waals surface area contributed by atoms with Crippen LogP contribution in [0.5, 0.6) is 0 Å². The fourth-order valence-corrected chi connectivity index (χ4v) is 4.61. The fourth-order valence-electron chi connectivity index (χ4n) is 2.87. The van der Waals surface area contributed by atoms with Crippen LogP contribution < -0.4 is 5.32 Å². The van der Waals surface area contributed by atoms with Crippen LogP contribution in [0.3, 0.4) is 0 Å². The number of amides is 1. The lowest BCUT2D eigenvalue weighted by molar-refractivity contribution is -0.143. The normalized spacial score (nSPS) is 33.8. The highest BCUT2D eigenvalue weighted by molar-refractivity contribution is 7.91. The Bertz CT molecular complexity index is 473. The van der Waals surface area contributed by atoms with Crippen molar-refractivity contribution >= 4 is 21.7 Å². The molecule has 2 N–H and O–H groups in total. The number of aliphatic carboxylic acids is 1. The summed E-state index contributed by atoms with van der Waals surface area (Å²) in [6.45, 7) is 0. The number of nitrogens with one attached hydrogen (secondary N) is 1. The molecule has 0 radical (unpaired) electrons. The maximum Gasteiger partial charge on any atom is 0.306 e. The summed E-state index contributed by atoms with van der Waals surface area (Å²) in [4.78, 5) is 22.9. The highest BCUT2D eigenvalue weighted by atomic mass is 32.2. The highest BCUT2D eigenvalue weighted by Crippen LogP contribution is 2.25. The van der Waals surface area contributed by atoms with E-state index in [0.717, 1.165) is 12.8 Å². The van der Waals surface area contributed by atoms with Gasteiger partial charge in [0.1, 0.15) is 0 Å². The van der Waals surface area contributed by atoms with Gasteiger partial charge in [-0.25, -0.2) is 8.42 Å². The third-order valence-corrected chi connectivity index (χ3v) is 5.74. The van der Waals surface area contributed by atoms with Crippen molar-refractivity contribution < 1.29 is 23.1 Å². The lowest BCUT2D eigenvalue weighted by atomic mass is 9.85. The Morgan fingerprint density at radius 2 is 1.84 bits per heavy atom. The van der Waals surface area contributed by atoms with E-state index in [2.05, 4.69) is 5.32 Å². The molecule has 1 saturated heterocycles. The summed E-state index contributed by atoms with van der Waals surface area (Å²) < 4.78 is 22.6. The monoisotopic (exact) mass is 289 g/mol. The summed E-state index contributed by atoms with van der Waals surface area (Å²) in [6.07, 6.45) is 3.03. The van der Waals surface area contributed by atoms with Gasteiger partial charge < -0.3 is 10.4 Å². The van der Waals surface area contributed by atoms with Crippen molar-refractivity contribution in [2.24, 2.45) is 11.8 Å². The molecule has 0 bridgehead atoms. The van der Waals surface area contributed by atoms with Gasteiger partial charge in [-0.05, 0) is 25.7 Å². The number of rotatable bonds is 3. The van der Waals surface area contributed by atoms with E-state index < -0.39 is 27.6 Å². The van der Waals surface area contributed by atoms with E-state index in [-0.39, 0.29) is 23.5 Å². The van der Waals surface area contributed by atoms with Crippen molar-refractivity contribution in [2.75, 3.05) is 11.5 Å². The summed E-state index contributed by atoms with van der Waals surface area (Å²) in [6, 6.07) is -0.134. The van der Waals surface area contributed by atoms with Gasteiger partial charge in [0, 0.05) is 6.04 Å². The molecular formula is C12H19NO5S. The molecule has 3 atom stereocenters. The molecule has 108 valence electrons. The molecule has 19 heavy (non-hydrogen) atoms. The maximum atomic E-state index is 12.0. The SMILES string of the molecule is O=C(O)C1CCCC(NC(=O)C2CCS(=O)(=O)C2)C1. The minimum absolute atomic E-state index is 0.0755. The van der Waals surface area contributed by atoms with Crippen molar-refractivity contribution in [3.8, 4) is 0 Å². The van der Waals surface area contributed by atoms with Crippen LogP contribution in [0.25, 0.3) is 0 Å². The molecule has 0 spiro atoms. The van der Waals surface area contributed by atoms with Gasteiger partial charge in [-0.1, -0.05) is 6.42 Å². The van der Waals surface area contributed by atoms with Gasteiger partial charge in [-0.15, -0.1) is 0 Å². The Labute approximate surface area is 112 Å². The first-order chi connectivity index (χ1) is 8.87. The molecule has 3 unspecified atom stereocenters. The number of carbonyl (C=O) groups excluding carboxylic acids is 1. The smallest absolute Gasteiger partial charge is 0.306 e. The third kappa shape index (κ3) is 3.68. The van der Waals surface area contributed by atoms with Crippen LogP contribution in [-0.2, 0) is 19.4 Å². The fraction of sp³-hybridized carbons (Fsp3) is 0.833. The second-order valence-corrected chi connectivity index (χ2v) is 7.74. The highest BCUT2D eigenvalue weighted by Gasteiger charge is 2.35. The van der Waals surface area contributed by atoms with Gasteiger partial charge in [-0.3, -0.25) is 9.59 Å². The van der Waals surface area contributed by atoms with Crippen molar-refractivity contribution in [3.05, 3.63) is 0 Å². The van der Waals surface area contributed by atoms with Crippen molar-refractivity contribution in [3.63, 3.8) is 0 Å². The summed E-state index contributed by atoms with van der Waals surface area (Å²) in [5.41, 5.74) is 0. The molecule has 1 heterocycles. The summed E-state index contributed by atoms with van der Waals surface area (Å²) in [7, 11) is -3.06. The number of sulfone groups is 1. The Morgan fingerprint density at radius 1 is 1.11 bits per heavy atom. The number of carboxylic acid groups (broad SMARTS) is 1. The Kier molecular flexibility index (Phi) is 4.13. The van der Waals surface area contributed by atoms with Gasteiger partial charge in [-0.2, -0.15) is 0 Å². The number of carbonyl (C=O) groups is 2. The standard InChI is InChI=1S/C12H19NO5S/c14-11(9-4-5-19(17,18)7-9)13-10-3-1-2-8(6-10)12(15)16/h8-10H,1-7H2,(H,13,14)(H,15,16). The van der Waals surface area contributed by atoms with E-state index in [1.54, 1.807) is 0 Å². The molecule has 1 amide bonds. The van der Waals surface area contributed by atoms with Crippen molar-refractivity contribution in [1.29, 1.82) is 0 Å². The van der Waals surface area contributed by atoms with Crippen LogP contribution in [0.1, 0.15) is 32.1 Å². The summed E-state index contributed by atoms with van der Waals surface area (Å²) in [5, 5.41) is 11.8. The Balaban J connectivity index is 1.87. The van der Waals surface area contributed by atoms with Crippen molar-refractivity contribution in [2.45, 2.75) is 38.1 Å². The van der Waals surface area contributed by atoms with Gasteiger partial charge in [0.25, 0.3) is 0 Å². The molecule has 1 aliphatic carbocycles. The summed E-state index contributed by atoms with van der Waals surface area (Å²) >= 11 is 0. The molecular weight excluding hydrogens is 270 g/mol. The lowest BCUT2D eigenvalue weighted by Crippen LogP contribution is -2.42. The molecule has 0 aromatic heterocycles. The minimum Gasteiger partial charge on any atom is -0.481 e. The molecule has 6 nitrogen and oxygen atoms in total. The number of hydrogen-bond donors (Lipinski definition) is 2. The zero-order valence-corrected chi connectivity index (χ0v) is 11.5. The Morgan fingerprint density at radius 3 is 2.42 bits per heavy atom. The number of hydrogen-bond acceptors (Lipinski definition) is 4. The number of carboxylic acids is 1. The molecule has 2 fully saturated rings. The second kappa shape index (κ2) is 5.48. The first-order valence-corrected chi connectivity index (χ1v) is 8.43. The Hall–Kier alpha value is -1.11. The van der Waals surface area contributed by atoms with E-state index in [0.29, 0.717) is 19.3 Å². The zero-order chi connectivity index (χ0) is 14.0. The van der Waals surface area contributed by atoms with Gasteiger partial charge >= 0.3 is 5.97 Å². The first-order valence-electron chi connectivity index (χ1n) is 6.61. The second-order valence-electron chi connectivity index (χ2n) is 5.51. The van der Waals surface area contributed by atoms with E-state index in [4.69, 9.17) is 5.11 Å². The van der Waals surface area contributed by atoms with Crippen LogP contribution >= 0.6 is 0 Å². The van der Waals surface area contributed by atoms with E-state index >= 15 is 0 Å². The average molecular weight is 289 g/mol. The van der Waals surface area contributed by atoms with Crippen LogP contribution in [0, 0.1) is 11.8 Å². The lowest BCUT2D eigenvalue weighted by Gasteiger charge is -2.28. The molecule has 0 aromatic rings.